The molecule has 1 aliphatic carbocycles. The van der Waals surface area contributed by atoms with Gasteiger partial charge in [-0.15, -0.1) is 0 Å². The predicted molar refractivity (Wildman–Crippen MR) is 133 cm³/mol. The van der Waals surface area contributed by atoms with Crippen LogP contribution in [0, 0.1) is 23.5 Å². The smallest absolute Gasteiger partial charge is 0.321 e. The van der Waals surface area contributed by atoms with Gasteiger partial charge in [0.1, 0.15) is 23.0 Å². The molecule has 188 valence electrons. The van der Waals surface area contributed by atoms with Gasteiger partial charge in [-0.3, -0.25) is 9.48 Å². The molecule has 1 aromatic heterocycles. The number of anilines is 3. The van der Waals surface area contributed by atoms with Crippen molar-refractivity contribution in [3.8, 4) is 0 Å². The van der Waals surface area contributed by atoms with Gasteiger partial charge in [0.2, 0.25) is 0 Å². The maximum Gasteiger partial charge on any atom is 0.321 e. The summed E-state index contributed by atoms with van der Waals surface area (Å²) in [7, 11) is 1.68. The fourth-order valence-electron chi connectivity index (χ4n) is 5.30. The van der Waals surface area contributed by atoms with Crippen LogP contribution in [0.3, 0.4) is 0 Å². The number of fused-ring (bicyclic) bond motifs is 1. The summed E-state index contributed by atoms with van der Waals surface area (Å²) < 4.78 is 28.4. The first-order valence-corrected chi connectivity index (χ1v) is 12.0. The molecule has 0 bridgehead atoms. The quantitative estimate of drug-likeness (QED) is 0.463. The average molecular weight is 515 g/mol. The molecule has 36 heavy (non-hydrogen) atoms. The lowest BCUT2D eigenvalue weighted by Gasteiger charge is -2.20. The molecule has 0 spiro atoms. The van der Waals surface area contributed by atoms with Crippen molar-refractivity contribution >= 4 is 40.7 Å². The zero-order valence-corrected chi connectivity index (χ0v) is 20.2. The van der Waals surface area contributed by atoms with E-state index in [1.54, 1.807) is 24.1 Å². The van der Waals surface area contributed by atoms with E-state index in [1.165, 1.54) is 35.0 Å². The van der Waals surface area contributed by atoms with Crippen molar-refractivity contribution in [3.63, 3.8) is 0 Å². The molecule has 3 aromatic rings. The Balaban J connectivity index is 1.27. The fourth-order valence-corrected chi connectivity index (χ4v) is 5.48. The minimum absolute atomic E-state index is 0.00878. The van der Waals surface area contributed by atoms with Crippen molar-refractivity contribution in [2.45, 2.75) is 18.8 Å². The molecule has 2 aromatic carbocycles. The molecule has 4 N–H and O–H groups in total. The number of urea groups is 1. The van der Waals surface area contributed by atoms with Crippen molar-refractivity contribution in [1.82, 2.24) is 14.7 Å². The van der Waals surface area contributed by atoms with Crippen LogP contribution < -0.4 is 16.4 Å². The van der Waals surface area contributed by atoms with Crippen LogP contribution in [-0.4, -0.2) is 39.7 Å². The van der Waals surface area contributed by atoms with Crippen LogP contribution in [-0.2, 0) is 7.05 Å². The largest absolute Gasteiger partial charge is 0.383 e. The standard InChI is InChI=1S/C25H25ClF2N6O2/c1-33-23(29)21(24(35)30-18-5-6-20(28)19(26)10-18)22(32-33)13-7-14-11-34(12-15(14)8-13)25(36)31-17-4-2-3-16(27)9-17/h2-6,9-10,13-15H,7-8,11-12,29H2,1H3,(H,30,35)(H,31,36). The molecule has 2 heterocycles. The third kappa shape index (κ3) is 4.60. The highest BCUT2D eigenvalue weighted by molar-refractivity contribution is 6.31. The summed E-state index contributed by atoms with van der Waals surface area (Å²) >= 11 is 5.84. The number of nitrogen functional groups attached to an aromatic ring is 1. The summed E-state index contributed by atoms with van der Waals surface area (Å²) in [5.41, 5.74) is 7.88. The van der Waals surface area contributed by atoms with Gasteiger partial charge in [0.15, 0.2) is 0 Å². The maximum absolute atomic E-state index is 13.5. The van der Waals surface area contributed by atoms with Crippen LogP contribution in [0.5, 0.6) is 0 Å². The summed E-state index contributed by atoms with van der Waals surface area (Å²) in [4.78, 5) is 27.6. The number of rotatable bonds is 4. The number of likely N-dealkylation sites (tertiary alicyclic amines) is 1. The summed E-state index contributed by atoms with van der Waals surface area (Å²) in [5, 5.41) is 9.94. The van der Waals surface area contributed by atoms with Gasteiger partial charge in [-0.2, -0.15) is 5.10 Å². The number of nitrogens with one attached hydrogen (secondary N) is 2. The van der Waals surface area contributed by atoms with Gasteiger partial charge in [-0.05, 0) is 61.1 Å². The molecule has 1 aliphatic heterocycles. The second-order valence-corrected chi connectivity index (χ2v) is 9.79. The molecule has 2 aliphatic rings. The van der Waals surface area contributed by atoms with E-state index in [0.29, 0.717) is 35.7 Å². The zero-order valence-electron chi connectivity index (χ0n) is 19.5. The van der Waals surface area contributed by atoms with E-state index >= 15 is 0 Å². The Bertz CT molecular complexity index is 1330. The van der Waals surface area contributed by atoms with E-state index in [9.17, 15) is 18.4 Å². The molecule has 1 saturated heterocycles. The third-order valence-corrected chi connectivity index (χ3v) is 7.31. The number of halogens is 3. The Kier molecular flexibility index (Phi) is 6.29. The second kappa shape index (κ2) is 9.42. The number of benzene rings is 2. The number of amides is 3. The Hall–Kier alpha value is -3.66. The lowest BCUT2D eigenvalue weighted by Crippen LogP contribution is -2.34. The third-order valence-electron chi connectivity index (χ3n) is 7.02. The highest BCUT2D eigenvalue weighted by Crippen LogP contribution is 2.47. The van der Waals surface area contributed by atoms with Gasteiger partial charge in [0.25, 0.3) is 5.91 Å². The van der Waals surface area contributed by atoms with Crippen molar-refractivity contribution in [2.24, 2.45) is 18.9 Å². The van der Waals surface area contributed by atoms with E-state index in [-0.39, 0.29) is 34.6 Å². The van der Waals surface area contributed by atoms with Gasteiger partial charge < -0.3 is 21.3 Å². The Morgan fingerprint density at radius 2 is 1.75 bits per heavy atom. The first kappa shape index (κ1) is 24.1. The van der Waals surface area contributed by atoms with Crippen molar-refractivity contribution in [1.29, 1.82) is 0 Å². The number of hydrogen-bond donors (Lipinski definition) is 3. The number of carbonyl (C=O) groups is 2. The van der Waals surface area contributed by atoms with E-state index in [0.717, 1.165) is 12.8 Å². The monoisotopic (exact) mass is 514 g/mol. The van der Waals surface area contributed by atoms with Gasteiger partial charge in [-0.1, -0.05) is 17.7 Å². The summed E-state index contributed by atoms with van der Waals surface area (Å²) in [5.74, 6) is -0.672. The fraction of sp³-hybridized carbons (Fsp3) is 0.320. The molecule has 1 saturated carbocycles. The van der Waals surface area contributed by atoms with Gasteiger partial charge in [-0.25, -0.2) is 13.6 Å². The number of nitrogens with zero attached hydrogens (tertiary/aromatic N) is 3. The second-order valence-electron chi connectivity index (χ2n) is 9.39. The molecule has 11 heteroatoms. The zero-order chi connectivity index (χ0) is 25.6. The Morgan fingerprint density at radius 1 is 1.06 bits per heavy atom. The normalized spacial score (nSPS) is 20.9. The van der Waals surface area contributed by atoms with Crippen LogP contribution in [0.2, 0.25) is 5.02 Å². The van der Waals surface area contributed by atoms with E-state index in [4.69, 9.17) is 17.3 Å². The van der Waals surface area contributed by atoms with E-state index in [2.05, 4.69) is 15.7 Å². The number of nitrogens with two attached hydrogens (primary N) is 1. The van der Waals surface area contributed by atoms with Crippen LogP contribution in [0.15, 0.2) is 42.5 Å². The lowest BCUT2D eigenvalue weighted by atomic mass is 9.97. The number of carbonyl (C=O) groups excluding carboxylic acids is 2. The van der Waals surface area contributed by atoms with Gasteiger partial charge in [0.05, 0.1) is 10.7 Å². The van der Waals surface area contributed by atoms with Crippen LogP contribution in [0.1, 0.15) is 34.8 Å². The van der Waals surface area contributed by atoms with Gasteiger partial charge >= 0.3 is 6.03 Å². The van der Waals surface area contributed by atoms with Gasteiger partial charge in [0, 0.05) is 37.4 Å². The topological polar surface area (TPSA) is 105 Å². The first-order chi connectivity index (χ1) is 17.2. The molecule has 2 fully saturated rings. The van der Waals surface area contributed by atoms with Crippen molar-refractivity contribution < 1.29 is 18.4 Å². The molecule has 0 radical (unpaired) electrons. The molecule has 2 atom stereocenters. The minimum Gasteiger partial charge on any atom is -0.383 e. The molecule has 5 rings (SSSR count). The number of aromatic nitrogens is 2. The maximum atomic E-state index is 13.5. The van der Waals surface area contributed by atoms with E-state index in [1.807, 2.05) is 0 Å². The molecule has 3 amide bonds. The van der Waals surface area contributed by atoms with Crippen LogP contribution in [0.4, 0.5) is 30.8 Å². The lowest BCUT2D eigenvalue weighted by molar-refractivity contribution is 0.102. The van der Waals surface area contributed by atoms with Crippen molar-refractivity contribution in [3.05, 3.63) is 70.4 Å². The highest BCUT2D eigenvalue weighted by Gasteiger charge is 2.44. The minimum atomic E-state index is -0.576. The molecule has 2 unspecified atom stereocenters. The summed E-state index contributed by atoms with van der Waals surface area (Å²) in [6, 6.07) is 9.48. The van der Waals surface area contributed by atoms with Crippen LogP contribution in [0.25, 0.3) is 0 Å². The SMILES string of the molecule is Cn1nc(C2CC3CN(C(=O)Nc4cccc(F)c4)CC3C2)c(C(=O)Nc2ccc(F)c(Cl)c2)c1N. The van der Waals surface area contributed by atoms with E-state index < -0.39 is 17.5 Å². The average Bonchev–Trinajstić information content (AvgIpc) is 3.48. The first-order valence-electron chi connectivity index (χ1n) is 11.6. The predicted octanol–water partition coefficient (Wildman–Crippen LogP) is 4.84. The summed E-state index contributed by atoms with van der Waals surface area (Å²) in [6.07, 6.45) is 1.51. The Labute approximate surface area is 211 Å². The molecular weight excluding hydrogens is 490 g/mol. The summed E-state index contributed by atoms with van der Waals surface area (Å²) in [6.45, 7) is 1.14. The van der Waals surface area contributed by atoms with Crippen LogP contribution >= 0.6 is 11.6 Å². The highest BCUT2D eigenvalue weighted by atomic mass is 35.5. The molecule has 8 nitrogen and oxygen atoms in total. The number of aryl methyl sites for hydroxylation is 1. The Morgan fingerprint density at radius 3 is 2.42 bits per heavy atom. The molecular formula is C25H25ClF2N6O2. The van der Waals surface area contributed by atoms with Crippen molar-refractivity contribution in [2.75, 3.05) is 29.5 Å². The number of hydrogen-bond acceptors (Lipinski definition) is 4.